The quantitative estimate of drug-likeness (QED) is 0.926. The molecule has 1 N–H and O–H groups in total. The number of hydrogen-bond donors (Lipinski definition) is 1. The van der Waals surface area contributed by atoms with E-state index in [9.17, 15) is 8.42 Å². The Kier molecular flexibility index (Phi) is 4.02. The van der Waals surface area contributed by atoms with Gasteiger partial charge in [-0.2, -0.15) is 0 Å². The molecule has 3 nitrogen and oxygen atoms in total. The van der Waals surface area contributed by atoms with Gasteiger partial charge in [0.15, 0.2) is 9.84 Å². The van der Waals surface area contributed by atoms with Crippen LogP contribution < -0.4 is 5.32 Å². The first-order chi connectivity index (χ1) is 8.87. The van der Waals surface area contributed by atoms with E-state index in [4.69, 9.17) is 0 Å². The molecule has 4 heteroatoms. The van der Waals surface area contributed by atoms with Gasteiger partial charge in [0.1, 0.15) is 0 Å². The summed E-state index contributed by atoms with van der Waals surface area (Å²) in [6, 6.07) is 4.15. The van der Waals surface area contributed by atoms with Crippen LogP contribution in [-0.4, -0.2) is 20.2 Å². The van der Waals surface area contributed by atoms with Crippen molar-refractivity contribution < 1.29 is 8.42 Å². The highest BCUT2D eigenvalue weighted by molar-refractivity contribution is 7.92. The third kappa shape index (κ3) is 2.56. The Bertz CT molecular complexity index is 578. The molecule has 1 aromatic carbocycles. The highest BCUT2D eigenvalue weighted by atomic mass is 32.2. The van der Waals surface area contributed by atoms with Gasteiger partial charge in [0.2, 0.25) is 0 Å². The van der Waals surface area contributed by atoms with E-state index in [0.717, 1.165) is 29.7 Å². The number of nitrogens with one attached hydrogen (secondary N) is 1. The molecule has 1 heterocycles. The summed E-state index contributed by atoms with van der Waals surface area (Å²) in [6.45, 7) is 8.79. The summed E-state index contributed by atoms with van der Waals surface area (Å²) in [4.78, 5) is 0.561. The molecule has 0 fully saturated rings. The fraction of sp³-hybridized carbons (Fsp3) is 0.600. The average Bonchev–Trinajstić information content (AvgIpc) is 2.31. The van der Waals surface area contributed by atoms with Crippen molar-refractivity contribution in [1.82, 2.24) is 5.32 Å². The van der Waals surface area contributed by atoms with E-state index >= 15 is 0 Å². The molecular formula is C15H23NO2S. The lowest BCUT2D eigenvalue weighted by molar-refractivity contribution is 0.462. The van der Waals surface area contributed by atoms with Crippen molar-refractivity contribution in [1.29, 1.82) is 0 Å². The lowest BCUT2D eigenvalue weighted by Crippen LogP contribution is -2.35. The maximum atomic E-state index is 12.5. The largest absolute Gasteiger partial charge is 0.310 e. The normalized spacial score (nSPS) is 25.1. The maximum Gasteiger partial charge on any atom is 0.181 e. The number of aryl methyl sites for hydroxylation is 2. The standard InChI is InChI=1S/C15H23NO2S/c1-5-6-16-14-9-12(4)19(17,18)15-11(3)7-10(2)8-13(14)15/h7-8,12,14,16H,5-6,9H2,1-4H3. The Morgan fingerprint density at radius 3 is 2.63 bits per heavy atom. The molecule has 0 aliphatic carbocycles. The molecular weight excluding hydrogens is 258 g/mol. The van der Waals surface area contributed by atoms with Crippen LogP contribution in [-0.2, 0) is 9.84 Å². The molecule has 2 rings (SSSR count). The van der Waals surface area contributed by atoms with Crippen LogP contribution >= 0.6 is 0 Å². The molecule has 19 heavy (non-hydrogen) atoms. The van der Waals surface area contributed by atoms with Crippen molar-refractivity contribution in [3.63, 3.8) is 0 Å². The number of hydrogen-bond acceptors (Lipinski definition) is 3. The van der Waals surface area contributed by atoms with Gasteiger partial charge in [-0.05, 0) is 51.3 Å². The third-order valence-electron chi connectivity index (χ3n) is 3.85. The molecule has 2 atom stereocenters. The number of sulfone groups is 1. The molecule has 0 aromatic heterocycles. The van der Waals surface area contributed by atoms with Gasteiger partial charge >= 0.3 is 0 Å². The van der Waals surface area contributed by atoms with Crippen molar-refractivity contribution in [2.45, 2.75) is 56.7 Å². The lowest BCUT2D eigenvalue weighted by atomic mass is 9.97. The van der Waals surface area contributed by atoms with Gasteiger partial charge in [-0.1, -0.05) is 24.6 Å². The fourth-order valence-corrected chi connectivity index (χ4v) is 4.82. The second-order valence-electron chi connectivity index (χ2n) is 5.60. The predicted octanol–water partition coefficient (Wildman–Crippen LogP) is 2.91. The molecule has 106 valence electrons. The van der Waals surface area contributed by atoms with Crippen molar-refractivity contribution in [2.75, 3.05) is 6.54 Å². The molecule has 0 radical (unpaired) electrons. The summed E-state index contributed by atoms with van der Waals surface area (Å²) in [5.41, 5.74) is 2.97. The summed E-state index contributed by atoms with van der Waals surface area (Å²) in [5, 5.41) is 3.18. The van der Waals surface area contributed by atoms with Crippen LogP contribution in [0.15, 0.2) is 17.0 Å². The van der Waals surface area contributed by atoms with Crippen molar-refractivity contribution >= 4 is 9.84 Å². The van der Waals surface area contributed by atoms with Crippen LogP contribution in [0.4, 0.5) is 0 Å². The molecule has 0 bridgehead atoms. The minimum atomic E-state index is -3.17. The summed E-state index contributed by atoms with van der Waals surface area (Å²) in [7, 11) is -3.17. The van der Waals surface area contributed by atoms with Crippen molar-refractivity contribution in [3.05, 3.63) is 28.8 Å². The SMILES string of the molecule is CCCNC1CC(C)S(=O)(=O)c2c(C)cc(C)cc21. The van der Waals surface area contributed by atoms with E-state index in [1.54, 1.807) is 0 Å². The second-order valence-corrected chi connectivity index (χ2v) is 7.90. The molecule has 2 unspecified atom stereocenters. The minimum Gasteiger partial charge on any atom is -0.310 e. The second kappa shape index (κ2) is 5.25. The van der Waals surface area contributed by atoms with E-state index in [1.807, 2.05) is 32.9 Å². The highest BCUT2D eigenvalue weighted by Gasteiger charge is 2.37. The van der Waals surface area contributed by atoms with Crippen LogP contribution in [0, 0.1) is 13.8 Å². The number of benzene rings is 1. The smallest absolute Gasteiger partial charge is 0.181 e. The van der Waals surface area contributed by atoms with Crippen molar-refractivity contribution in [3.8, 4) is 0 Å². The molecule has 0 saturated carbocycles. The first kappa shape index (κ1) is 14.5. The van der Waals surface area contributed by atoms with E-state index in [1.165, 1.54) is 0 Å². The molecule has 1 aliphatic heterocycles. The Morgan fingerprint density at radius 1 is 1.32 bits per heavy atom. The third-order valence-corrected chi connectivity index (χ3v) is 6.22. The van der Waals surface area contributed by atoms with Crippen LogP contribution in [0.1, 0.15) is 49.4 Å². The van der Waals surface area contributed by atoms with Crippen LogP contribution in [0.3, 0.4) is 0 Å². The summed E-state index contributed by atoms with van der Waals surface area (Å²) >= 11 is 0. The zero-order valence-electron chi connectivity index (χ0n) is 12.2. The molecule has 0 saturated heterocycles. The summed E-state index contributed by atoms with van der Waals surface area (Å²) in [5.74, 6) is 0. The predicted molar refractivity (Wildman–Crippen MR) is 78.2 cm³/mol. The Hall–Kier alpha value is -0.870. The highest BCUT2D eigenvalue weighted by Crippen LogP contribution is 2.38. The zero-order valence-corrected chi connectivity index (χ0v) is 13.0. The fourth-order valence-electron chi connectivity index (χ4n) is 2.93. The monoisotopic (exact) mass is 281 g/mol. The maximum absolute atomic E-state index is 12.5. The van der Waals surface area contributed by atoms with E-state index < -0.39 is 9.84 Å². The number of rotatable bonds is 3. The van der Waals surface area contributed by atoms with E-state index in [2.05, 4.69) is 12.2 Å². The summed E-state index contributed by atoms with van der Waals surface area (Å²) in [6.07, 6.45) is 1.72. The zero-order chi connectivity index (χ0) is 14.2. The Morgan fingerprint density at radius 2 is 2.00 bits per heavy atom. The van der Waals surface area contributed by atoms with Gasteiger partial charge in [0.25, 0.3) is 0 Å². The molecule has 0 amide bonds. The molecule has 1 aliphatic rings. The van der Waals surface area contributed by atoms with Gasteiger partial charge < -0.3 is 5.32 Å². The summed E-state index contributed by atoms with van der Waals surface area (Å²) < 4.78 is 25.1. The van der Waals surface area contributed by atoms with Gasteiger partial charge in [0.05, 0.1) is 10.1 Å². The lowest BCUT2D eigenvalue weighted by Gasteiger charge is -2.32. The van der Waals surface area contributed by atoms with Crippen LogP contribution in [0.2, 0.25) is 0 Å². The van der Waals surface area contributed by atoms with Gasteiger partial charge in [-0.15, -0.1) is 0 Å². The van der Waals surface area contributed by atoms with Crippen LogP contribution in [0.5, 0.6) is 0 Å². The Balaban J connectivity index is 2.58. The van der Waals surface area contributed by atoms with Gasteiger partial charge in [-0.25, -0.2) is 8.42 Å². The van der Waals surface area contributed by atoms with E-state index in [0.29, 0.717) is 11.3 Å². The van der Waals surface area contributed by atoms with Gasteiger partial charge in [0, 0.05) is 6.04 Å². The van der Waals surface area contributed by atoms with E-state index in [-0.39, 0.29) is 11.3 Å². The first-order valence-electron chi connectivity index (χ1n) is 6.96. The molecule has 0 spiro atoms. The minimum absolute atomic E-state index is 0.159. The Labute approximate surface area is 116 Å². The number of fused-ring (bicyclic) bond motifs is 1. The average molecular weight is 281 g/mol. The van der Waals surface area contributed by atoms with Crippen LogP contribution in [0.25, 0.3) is 0 Å². The molecule has 1 aromatic rings. The first-order valence-corrected chi connectivity index (χ1v) is 8.51. The topological polar surface area (TPSA) is 46.2 Å². The van der Waals surface area contributed by atoms with Gasteiger partial charge in [-0.3, -0.25) is 0 Å². The van der Waals surface area contributed by atoms with Crippen molar-refractivity contribution in [2.24, 2.45) is 0 Å².